The van der Waals surface area contributed by atoms with E-state index in [0.29, 0.717) is 52.7 Å². The molecular weight excluding hydrogens is 426 g/mol. The van der Waals surface area contributed by atoms with Gasteiger partial charge in [-0.1, -0.05) is 23.4 Å². The summed E-state index contributed by atoms with van der Waals surface area (Å²) in [5, 5.41) is 12.6. The molecule has 1 aromatic heterocycles. The van der Waals surface area contributed by atoms with Gasteiger partial charge in [-0.25, -0.2) is 9.59 Å². The number of anilines is 1. The quantitative estimate of drug-likeness (QED) is 0.725. The molecule has 160 valence electrons. The zero-order chi connectivity index (χ0) is 21.6. The average Bonchev–Trinajstić information content (AvgIpc) is 3.24. The first-order valence-corrected chi connectivity index (χ1v) is 11.1. The Balaban J connectivity index is 1.72. The van der Waals surface area contributed by atoms with Gasteiger partial charge in [-0.3, -0.25) is 14.5 Å². The summed E-state index contributed by atoms with van der Waals surface area (Å²) in [6, 6.07) is 6.78. The molecule has 0 bridgehead atoms. The number of benzene rings is 1. The fourth-order valence-electron chi connectivity index (χ4n) is 3.76. The molecule has 10 heteroatoms. The molecule has 0 spiro atoms. The number of fused-ring (bicyclic) bond motifs is 1. The summed E-state index contributed by atoms with van der Waals surface area (Å²) >= 11 is 7.35. The van der Waals surface area contributed by atoms with Crippen LogP contribution in [0.5, 0.6) is 0 Å². The van der Waals surface area contributed by atoms with Crippen LogP contribution in [0.1, 0.15) is 38.9 Å². The number of imidazole rings is 1. The van der Waals surface area contributed by atoms with E-state index in [0.717, 1.165) is 0 Å². The van der Waals surface area contributed by atoms with E-state index in [1.807, 2.05) is 20.8 Å². The molecule has 0 aliphatic carbocycles. The number of carbonyl (C=O) groups excluding carboxylic acids is 1. The highest BCUT2D eigenvalue weighted by Crippen LogP contribution is 2.33. The standard InChI is InChI=1S/C20H24ClN5O3S/c1-20(2,3)29-19(28)24-9-8-14(10-24)26-17-15(16(22)30-11-23-17)25(18(26)27)13-6-4-12(21)5-7-13/h4-7,14,22-23H,8-11H2,1-3H3/t14-/m1/s1. The van der Waals surface area contributed by atoms with Gasteiger partial charge in [0.15, 0.2) is 0 Å². The number of thioether (sulfide) groups is 1. The molecular formula is C20H24ClN5O3S. The number of hydrogen-bond donors (Lipinski definition) is 2. The maximum atomic E-state index is 13.5. The van der Waals surface area contributed by atoms with Gasteiger partial charge in [0, 0.05) is 18.1 Å². The van der Waals surface area contributed by atoms with Crippen LogP contribution < -0.4 is 11.0 Å². The number of carbonyl (C=O) groups is 1. The average molecular weight is 450 g/mol. The molecule has 2 aliphatic heterocycles. The van der Waals surface area contributed by atoms with Crippen LogP contribution in [-0.4, -0.2) is 49.7 Å². The van der Waals surface area contributed by atoms with E-state index in [4.69, 9.17) is 21.7 Å². The van der Waals surface area contributed by atoms with Crippen molar-refractivity contribution in [2.24, 2.45) is 0 Å². The van der Waals surface area contributed by atoms with E-state index in [1.54, 1.807) is 38.3 Å². The van der Waals surface area contributed by atoms with Gasteiger partial charge in [0.25, 0.3) is 0 Å². The largest absolute Gasteiger partial charge is 0.444 e. The molecule has 2 aromatic rings. The zero-order valence-corrected chi connectivity index (χ0v) is 18.6. The Labute approximate surface area is 183 Å². The maximum Gasteiger partial charge on any atom is 0.410 e. The van der Waals surface area contributed by atoms with Crippen LogP contribution in [0.25, 0.3) is 5.69 Å². The fraction of sp³-hybridized carbons (Fsp3) is 0.450. The normalized spacial score (nSPS) is 18.9. The smallest absolute Gasteiger partial charge is 0.410 e. The fourth-order valence-corrected chi connectivity index (χ4v) is 4.56. The Kier molecular flexibility index (Phi) is 5.36. The number of amides is 1. The van der Waals surface area contributed by atoms with E-state index in [1.165, 1.54) is 11.8 Å². The van der Waals surface area contributed by atoms with E-state index >= 15 is 0 Å². The third kappa shape index (κ3) is 3.83. The topological polar surface area (TPSA) is 92.3 Å². The van der Waals surface area contributed by atoms with Crippen molar-refractivity contribution in [1.29, 1.82) is 5.41 Å². The summed E-state index contributed by atoms with van der Waals surface area (Å²) in [6.07, 6.45) is 0.263. The number of nitrogens with one attached hydrogen (secondary N) is 2. The number of aromatic nitrogens is 2. The SMILES string of the molecule is CC(C)(C)OC(=O)N1CC[C@@H](n2c3c(n(-c4ccc(Cl)cc4)c2=O)C(=N)SCN3)C1. The van der Waals surface area contributed by atoms with Gasteiger partial charge in [0.2, 0.25) is 0 Å². The second kappa shape index (κ2) is 7.70. The third-order valence-electron chi connectivity index (χ3n) is 5.02. The Morgan fingerprint density at radius 2 is 2.00 bits per heavy atom. The molecule has 8 nitrogen and oxygen atoms in total. The first-order valence-electron chi connectivity index (χ1n) is 9.72. The van der Waals surface area contributed by atoms with Crippen molar-refractivity contribution in [3.63, 3.8) is 0 Å². The summed E-state index contributed by atoms with van der Waals surface area (Å²) in [4.78, 5) is 27.6. The molecule has 2 N–H and O–H groups in total. The predicted octanol–water partition coefficient (Wildman–Crippen LogP) is 3.92. The number of likely N-dealkylation sites (tertiary alicyclic amines) is 1. The lowest BCUT2D eigenvalue weighted by molar-refractivity contribution is 0.0289. The molecule has 0 radical (unpaired) electrons. The van der Waals surface area contributed by atoms with Gasteiger partial charge in [-0.05, 0) is 51.5 Å². The molecule has 1 saturated heterocycles. The zero-order valence-electron chi connectivity index (χ0n) is 17.1. The molecule has 1 atom stereocenters. The molecule has 3 heterocycles. The minimum Gasteiger partial charge on any atom is -0.444 e. The summed E-state index contributed by atoms with van der Waals surface area (Å²) in [5.74, 6) is 1.13. The van der Waals surface area contributed by atoms with E-state index < -0.39 is 5.60 Å². The molecule has 1 fully saturated rings. The monoisotopic (exact) mass is 449 g/mol. The molecule has 0 saturated carbocycles. The van der Waals surface area contributed by atoms with Gasteiger partial charge < -0.3 is 15.0 Å². The molecule has 0 unspecified atom stereocenters. The molecule has 30 heavy (non-hydrogen) atoms. The second-order valence-corrected chi connectivity index (χ2v) is 9.75. The maximum absolute atomic E-state index is 13.5. The Hall–Kier alpha value is -2.39. The van der Waals surface area contributed by atoms with Crippen molar-refractivity contribution in [2.75, 3.05) is 24.3 Å². The van der Waals surface area contributed by atoms with Gasteiger partial charge in [-0.2, -0.15) is 0 Å². The lowest BCUT2D eigenvalue weighted by atomic mass is 10.2. The number of hydrogen-bond acceptors (Lipinski definition) is 6. The first kappa shape index (κ1) is 20.9. The minimum absolute atomic E-state index is 0.198. The summed E-state index contributed by atoms with van der Waals surface area (Å²) in [5.41, 5.74) is 0.375. The van der Waals surface area contributed by atoms with Crippen molar-refractivity contribution in [3.05, 3.63) is 45.5 Å². The predicted molar refractivity (Wildman–Crippen MR) is 119 cm³/mol. The number of rotatable bonds is 2. The van der Waals surface area contributed by atoms with Gasteiger partial charge in [-0.15, -0.1) is 0 Å². The number of nitrogens with zero attached hydrogens (tertiary/aromatic N) is 3. The van der Waals surface area contributed by atoms with Crippen LogP contribution in [0.4, 0.5) is 10.6 Å². The summed E-state index contributed by atoms with van der Waals surface area (Å²) in [7, 11) is 0. The first-order chi connectivity index (χ1) is 14.2. The van der Waals surface area contributed by atoms with Crippen LogP contribution in [0.3, 0.4) is 0 Å². The molecule has 2 aliphatic rings. The minimum atomic E-state index is -0.572. The van der Waals surface area contributed by atoms with Crippen LogP contribution in [-0.2, 0) is 4.74 Å². The lowest BCUT2D eigenvalue weighted by Gasteiger charge is -2.24. The third-order valence-corrected chi connectivity index (χ3v) is 6.05. The van der Waals surface area contributed by atoms with Crippen LogP contribution in [0.15, 0.2) is 29.1 Å². The number of halogens is 1. The van der Waals surface area contributed by atoms with Crippen molar-refractivity contribution in [2.45, 2.75) is 38.8 Å². The highest BCUT2D eigenvalue weighted by molar-refractivity contribution is 8.14. The molecule has 1 amide bonds. The Bertz CT molecular complexity index is 1050. The van der Waals surface area contributed by atoms with Gasteiger partial charge in [0.05, 0.1) is 17.6 Å². The van der Waals surface area contributed by atoms with E-state index in [-0.39, 0.29) is 17.8 Å². The van der Waals surface area contributed by atoms with Crippen molar-refractivity contribution >= 4 is 40.3 Å². The van der Waals surface area contributed by atoms with Crippen molar-refractivity contribution < 1.29 is 9.53 Å². The van der Waals surface area contributed by atoms with E-state index in [9.17, 15) is 9.59 Å². The highest BCUT2D eigenvalue weighted by Gasteiger charge is 2.36. The Morgan fingerprint density at radius 1 is 1.30 bits per heavy atom. The molecule has 4 rings (SSSR count). The van der Waals surface area contributed by atoms with Crippen LogP contribution in [0, 0.1) is 5.41 Å². The van der Waals surface area contributed by atoms with Crippen LogP contribution >= 0.6 is 23.4 Å². The molecule has 1 aromatic carbocycles. The van der Waals surface area contributed by atoms with Crippen molar-refractivity contribution in [3.8, 4) is 5.69 Å². The van der Waals surface area contributed by atoms with Crippen LogP contribution in [0.2, 0.25) is 5.02 Å². The van der Waals surface area contributed by atoms with Gasteiger partial charge >= 0.3 is 11.8 Å². The van der Waals surface area contributed by atoms with E-state index in [2.05, 4.69) is 5.32 Å². The Morgan fingerprint density at radius 3 is 2.67 bits per heavy atom. The van der Waals surface area contributed by atoms with Gasteiger partial charge in [0.1, 0.15) is 22.2 Å². The summed E-state index contributed by atoms with van der Waals surface area (Å²) in [6.45, 7) is 6.39. The lowest BCUT2D eigenvalue weighted by Crippen LogP contribution is -2.36. The number of ether oxygens (including phenoxy) is 1. The second-order valence-electron chi connectivity index (χ2n) is 8.33. The summed E-state index contributed by atoms with van der Waals surface area (Å²) < 4.78 is 8.71. The highest BCUT2D eigenvalue weighted by atomic mass is 35.5. The van der Waals surface area contributed by atoms with Crippen molar-refractivity contribution in [1.82, 2.24) is 14.0 Å².